The molecular weight excluding hydrogens is 508 g/mol. The Morgan fingerprint density at radius 2 is 1.38 bits per heavy atom. The van der Waals surface area contributed by atoms with E-state index in [1.807, 2.05) is 26.2 Å². The first-order valence-electron chi connectivity index (χ1n) is 10.4. The minimum atomic E-state index is -4.03. The van der Waals surface area contributed by atoms with Gasteiger partial charge in [0.15, 0.2) is 11.0 Å². The largest absolute Gasteiger partial charge is 0.323 e. The average molecular weight is 536 g/mol. The van der Waals surface area contributed by atoms with Crippen molar-refractivity contribution in [2.24, 2.45) is 0 Å². The molecular formula is C24H27BrN2O3S2. The molecule has 32 heavy (non-hydrogen) atoms. The number of halogens is 1. The maximum Gasteiger partial charge on any atom is 0.275 e. The van der Waals surface area contributed by atoms with Gasteiger partial charge < -0.3 is 5.32 Å². The molecule has 1 unspecified atom stereocenters. The second-order valence-electron chi connectivity index (χ2n) is 7.34. The molecule has 0 aromatic heterocycles. The number of anilines is 1. The average Bonchev–Trinajstić information content (AvgIpc) is 2.82. The zero-order valence-corrected chi connectivity index (χ0v) is 21.3. The fraction of sp³-hybridized carbons (Fsp3) is 0.250. The van der Waals surface area contributed by atoms with Crippen LogP contribution in [0.4, 0.5) is 5.69 Å². The SMILES string of the molecule is CNC.O=S(c1ccccc1)N(c1ccc(Br)c2c1CCCC2)S(=O)(=O)c1ccccc1. The summed E-state index contributed by atoms with van der Waals surface area (Å²) >= 11 is 3.60. The molecule has 0 saturated carbocycles. The predicted octanol–water partition coefficient (Wildman–Crippen LogP) is 5.08. The summed E-state index contributed by atoms with van der Waals surface area (Å²) in [5.74, 6) is 0. The highest BCUT2D eigenvalue weighted by Crippen LogP contribution is 2.39. The van der Waals surface area contributed by atoms with Gasteiger partial charge in [-0.15, -0.1) is 0 Å². The highest BCUT2D eigenvalue weighted by molar-refractivity contribution is 9.10. The second kappa shape index (κ2) is 11.2. The molecule has 0 saturated heterocycles. The van der Waals surface area contributed by atoms with Gasteiger partial charge in [-0.25, -0.2) is 12.6 Å². The minimum absolute atomic E-state index is 0.122. The molecule has 170 valence electrons. The van der Waals surface area contributed by atoms with Gasteiger partial charge in [0.2, 0.25) is 0 Å². The fourth-order valence-electron chi connectivity index (χ4n) is 3.60. The van der Waals surface area contributed by atoms with Crippen LogP contribution in [0.1, 0.15) is 24.0 Å². The Labute approximate surface area is 201 Å². The predicted molar refractivity (Wildman–Crippen MR) is 135 cm³/mol. The van der Waals surface area contributed by atoms with Crippen LogP contribution in [0.3, 0.4) is 0 Å². The van der Waals surface area contributed by atoms with Gasteiger partial charge in [-0.2, -0.15) is 3.71 Å². The summed E-state index contributed by atoms with van der Waals surface area (Å²) in [6.45, 7) is 0. The van der Waals surface area contributed by atoms with Gasteiger partial charge in [-0.3, -0.25) is 0 Å². The number of nitrogens with one attached hydrogen (secondary N) is 1. The van der Waals surface area contributed by atoms with Gasteiger partial charge in [0.1, 0.15) is 0 Å². The Morgan fingerprint density at radius 1 is 0.844 bits per heavy atom. The van der Waals surface area contributed by atoms with Crippen LogP contribution in [0.2, 0.25) is 0 Å². The molecule has 0 radical (unpaired) electrons. The summed E-state index contributed by atoms with van der Waals surface area (Å²) in [4.78, 5) is 0.566. The van der Waals surface area contributed by atoms with Crippen molar-refractivity contribution in [3.05, 3.63) is 88.4 Å². The number of nitrogens with zero attached hydrogens (tertiary/aromatic N) is 1. The number of benzene rings is 3. The molecule has 1 aliphatic carbocycles. The Morgan fingerprint density at radius 3 is 1.97 bits per heavy atom. The zero-order chi connectivity index (χ0) is 23.1. The quantitative estimate of drug-likeness (QED) is 0.495. The van der Waals surface area contributed by atoms with Crippen molar-refractivity contribution >= 4 is 42.6 Å². The smallest absolute Gasteiger partial charge is 0.275 e. The fourth-order valence-corrected chi connectivity index (χ4v) is 7.46. The van der Waals surface area contributed by atoms with Crippen LogP contribution in [0.15, 0.2) is 87.1 Å². The van der Waals surface area contributed by atoms with Crippen LogP contribution in [0, 0.1) is 0 Å². The lowest BCUT2D eigenvalue weighted by Crippen LogP contribution is -2.34. The van der Waals surface area contributed by atoms with Gasteiger partial charge in [-0.1, -0.05) is 52.3 Å². The lowest BCUT2D eigenvalue weighted by Gasteiger charge is -2.28. The van der Waals surface area contributed by atoms with Crippen molar-refractivity contribution in [2.75, 3.05) is 17.8 Å². The highest BCUT2D eigenvalue weighted by Gasteiger charge is 2.34. The molecule has 0 bridgehead atoms. The van der Waals surface area contributed by atoms with Gasteiger partial charge >= 0.3 is 0 Å². The third-order valence-electron chi connectivity index (χ3n) is 5.00. The summed E-state index contributed by atoms with van der Waals surface area (Å²) in [5.41, 5.74) is 2.55. The standard InChI is InChI=1S/C22H20BrNO3S2.C2H7N/c23-21-15-16-22(20-14-8-7-13-19(20)21)24(28(25)17-9-3-1-4-10-17)29(26,27)18-11-5-2-6-12-18;1-3-2/h1-6,9-12,15-16H,7-8,13-14H2;3H,1-2H3. The maximum absolute atomic E-state index is 13.6. The number of fused-ring (bicyclic) bond motifs is 1. The summed E-state index contributed by atoms with van der Waals surface area (Å²) in [6.07, 6.45) is 3.67. The number of sulfonamides is 1. The van der Waals surface area contributed by atoms with Crippen molar-refractivity contribution in [3.63, 3.8) is 0 Å². The molecule has 4 rings (SSSR count). The Kier molecular flexibility index (Phi) is 8.64. The molecule has 0 spiro atoms. The molecule has 0 aliphatic heterocycles. The molecule has 8 heteroatoms. The number of hydrogen-bond donors (Lipinski definition) is 1. The zero-order valence-electron chi connectivity index (χ0n) is 18.1. The lowest BCUT2D eigenvalue weighted by atomic mass is 9.91. The van der Waals surface area contributed by atoms with Crippen molar-refractivity contribution in [3.8, 4) is 0 Å². The maximum atomic E-state index is 13.6. The molecule has 0 heterocycles. The van der Waals surface area contributed by atoms with E-state index in [4.69, 9.17) is 0 Å². The first-order chi connectivity index (χ1) is 15.4. The normalized spacial score (nSPS) is 14.0. The topological polar surface area (TPSA) is 66.5 Å². The molecule has 3 aromatic carbocycles. The van der Waals surface area contributed by atoms with E-state index < -0.39 is 21.0 Å². The van der Waals surface area contributed by atoms with E-state index in [0.717, 1.165) is 45.0 Å². The van der Waals surface area contributed by atoms with Gasteiger partial charge in [0.25, 0.3) is 10.0 Å². The third kappa shape index (κ3) is 5.31. The first kappa shape index (κ1) is 24.6. The Hall–Kier alpha value is -2.00. The second-order valence-corrected chi connectivity index (χ2v) is 11.5. The van der Waals surface area contributed by atoms with E-state index in [2.05, 4.69) is 21.2 Å². The molecule has 1 atom stereocenters. The first-order valence-corrected chi connectivity index (χ1v) is 13.7. The van der Waals surface area contributed by atoms with E-state index in [9.17, 15) is 12.6 Å². The molecule has 0 amide bonds. The highest BCUT2D eigenvalue weighted by atomic mass is 79.9. The lowest BCUT2D eigenvalue weighted by molar-refractivity contribution is 0.596. The molecule has 0 fully saturated rings. The third-order valence-corrected chi connectivity index (χ3v) is 9.42. The van der Waals surface area contributed by atoms with Crippen LogP contribution in [-0.4, -0.2) is 26.7 Å². The number of rotatable bonds is 5. The van der Waals surface area contributed by atoms with E-state index in [1.165, 1.54) is 12.1 Å². The van der Waals surface area contributed by atoms with Crippen molar-refractivity contribution < 1.29 is 12.6 Å². The molecule has 5 nitrogen and oxygen atoms in total. The van der Waals surface area contributed by atoms with Crippen LogP contribution in [0.25, 0.3) is 0 Å². The van der Waals surface area contributed by atoms with Crippen molar-refractivity contribution in [1.82, 2.24) is 5.32 Å². The van der Waals surface area contributed by atoms with E-state index in [0.29, 0.717) is 10.6 Å². The van der Waals surface area contributed by atoms with Crippen LogP contribution >= 0.6 is 15.9 Å². The van der Waals surface area contributed by atoms with E-state index in [-0.39, 0.29) is 4.90 Å². The van der Waals surface area contributed by atoms with Crippen LogP contribution < -0.4 is 9.03 Å². The monoisotopic (exact) mass is 534 g/mol. The van der Waals surface area contributed by atoms with Gasteiger partial charge in [0.05, 0.1) is 15.5 Å². The molecule has 3 aromatic rings. The minimum Gasteiger partial charge on any atom is -0.323 e. The number of hydrogen-bond acceptors (Lipinski definition) is 4. The van der Waals surface area contributed by atoms with Crippen molar-refractivity contribution in [1.29, 1.82) is 0 Å². The van der Waals surface area contributed by atoms with E-state index in [1.54, 1.807) is 48.5 Å². The summed E-state index contributed by atoms with van der Waals surface area (Å²) in [7, 11) is -2.20. The van der Waals surface area contributed by atoms with Crippen molar-refractivity contribution in [2.45, 2.75) is 35.5 Å². The summed E-state index contributed by atoms with van der Waals surface area (Å²) in [5, 5.41) is 2.75. The summed E-state index contributed by atoms with van der Waals surface area (Å²) in [6, 6.07) is 20.5. The summed E-state index contributed by atoms with van der Waals surface area (Å²) < 4.78 is 42.9. The van der Waals surface area contributed by atoms with E-state index >= 15 is 0 Å². The van der Waals surface area contributed by atoms with Gasteiger partial charge in [-0.05, 0) is 87.3 Å². The Bertz CT molecular complexity index is 1170. The van der Waals surface area contributed by atoms with Crippen LogP contribution in [0.5, 0.6) is 0 Å². The van der Waals surface area contributed by atoms with Crippen LogP contribution in [-0.2, 0) is 33.9 Å². The van der Waals surface area contributed by atoms with Gasteiger partial charge in [0, 0.05) is 4.47 Å². The Balaban J connectivity index is 0.000000913. The molecule has 1 N–H and O–H groups in total. The molecule has 1 aliphatic rings.